The first-order valence-corrected chi connectivity index (χ1v) is 11.6. The van der Waals surface area contributed by atoms with Crippen LogP contribution in [0.2, 0.25) is 0 Å². The van der Waals surface area contributed by atoms with E-state index in [-0.39, 0.29) is 17.8 Å². The van der Waals surface area contributed by atoms with Crippen LogP contribution < -0.4 is 5.32 Å². The molecule has 1 amide bonds. The van der Waals surface area contributed by atoms with Gasteiger partial charge in [0.05, 0.1) is 6.54 Å². The molecule has 4 rings (SSSR count). The third-order valence-corrected chi connectivity index (χ3v) is 6.34. The molecule has 4 aromatic rings. The number of nitrogens with one attached hydrogen (secondary N) is 1. The van der Waals surface area contributed by atoms with Crippen molar-refractivity contribution in [2.45, 2.75) is 43.8 Å². The van der Waals surface area contributed by atoms with Crippen molar-refractivity contribution in [3.63, 3.8) is 0 Å². The number of nitrogens with zero attached hydrogens (tertiary/aromatic N) is 3. The topological polar surface area (TPSA) is 59.8 Å². The largest absolute Gasteiger partial charge is 0.350 e. The molecule has 1 atom stereocenters. The van der Waals surface area contributed by atoms with Crippen LogP contribution in [0.15, 0.2) is 72.0 Å². The molecule has 0 fully saturated rings. The molecule has 5 nitrogen and oxygen atoms in total. The van der Waals surface area contributed by atoms with Gasteiger partial charge in [-0.3, -0.25) is 9.36 Å². The summed E-state index contributed by atoms with van der Waals surface area (Å²) in [7, 11) is 0. The van der Waals surface area contributed by atoms with Gasteiger partial charge < -0.3 is 5.32 Å². The maximum absolute atomic E-state index is 13.3. The van der Waals surface area contributed by atoms with E-state index < -0.39 is 0 Å². The van der Waals surface area contributed by atoms with E-state index in [0.717, 1.165) is 33.9 Å². The van der Waals surface area contributed by atoms with Gasteiger partial charge in [0.15, 0.2) is 10.8 Å². The van der Waals surface area contributed by atoms with E-state index in [1.807, 2.05) is 50.2 Å². The van der Waals surface area contributed by atoms with Crippen molar-refractivity contribution in [1.29, 1.82) is 0 Å². The van der Waals surface area contributed by atoms with Crippen LogP contribution in [0, 0.1) is 5.82 Å². The molecule has 0 saturated carbocycles. The summed E-state index contributed by atoms with van der Waals surface area (Å²) in [6, 6.07) is 18.1. The second-order valence-corrected chi connectivity index (χ2v) is 8.66. The smallest absolute Gasteiger partial charge is 0.251 e. The number of aromatic nitrogens is 3. The van der Waals surface area contributed by atoms with Crippen molar-refractivity contribution >= 4 is 28.8 Å². The molecule has 164 valence electrons. The Bertz CT molecular complexity index is 1210. The van der Waals surface area contributed by atoms with Crippen LogP contribution >= 0.6 is 11.8 Å². The maximum atomic E-state index is 13.3. The molecule has 0 saturated heterocycles. The number of amides is 1. The number of hydrogen-bond donors (Lipinski definition) is 1. The van der Waals surface area contributed by atoms with Crippen molar-refractivity contribution in [2.75, 3.05) is 0 Å². The molecular formula is C25H25FN4OS. The first-order chi connectivity index (χ1) is 15.5. The van der Waals surface area contributed by atoms with E-state index in [4.69, 9.17) is 4.98 Å². The first-order valence-electron chi connectivity index (χ1n) is 10.6. The minimum atomic E-state index is -0.252. The molecule has 0 spiro atoms. The second-order valence-electron chi connectivity index (χ2n) is 7.72. The minimum absolute atomic E-state index is 0.0503. The molecule has 0 radical (unpaired) electrons. The standard InChI is InChI=1S/C25H25FN4OS/c1-3-17(2)28-24(31)20-10-6-19(7-11-20)16-32-25-29-22-5-4-14-27-23(22)30(25)15-18-8-12-21(26)13-9-18/h4-14,17H,3,15-16H2,1-2H3,(H,28,31)/t17-/m0/s1. The van der Waals surface area contributed by atoms with Gasteiger partial charge in [-0.25, -0.2) is 14.4 Å². The van der Waals surface area contributed by atoms with E-state index in [0.29, 0.717) is 17.9 Å². The van der Waals surface area contributed by atoms with E-state index in [1.54, 1.807) is 30.1 Å². The number of rotatable bonds is 8. The average molecular weight is 449 g/mol. The normalized spacial score (nSPS) is 12.1. The van der Waals surface area contributed by atoms with Gasteiger partial charge in [0.25, 0.3) is 5.91 Å². The zero-order valence-electron chi connectivity index (χ0n) is 18.1. The summed E-state index contributed by atoms with van der Waals surface area (Å²) in [6.07, 6.45) is 2.65. The SMILES string of the molecule is CC[C@H](C)NC(=O)c1ccc(CSc2nc3cccnc3n2Cc2ccc(F)cc2)cc1. The molecule has 0 aliphatic carbocycles. The second kappa shape index (κ2) is 9.96. The Morgan fingerprint density at radius 2 is 1.81 bits per heavy atom. The summed E-state index contributed by atoms with van der Waals surface area (Å²) in [4.78, 5) is 21.5. The fourth-order valence-electron chi connectivity index (χ4n) is 3.27. The molecule has 7 heteroatoms. The highest BCUT2D eigenvalue weighted by Gasteiger charge is 2.14. The van der Waals surface area contributed by atoms with E-state index in [2.05, 4.69) is 14.9 Å². The van der Waals surface area contributed by atoms with Crippen molar-refractivity contribution in [3.8, 4) is 0 Å². The molecule has 0 aliphatic heterocycles. The van der Waals surface area contributed by atoms with Crippen LogP contribution in [0.4, 0.5) is 4.39 Å². The molecule has 1 N–H and O–H groups in total. The predicted octanol–water partition coefficient (Wildman–Crippen LogP) is 5.44. The summed E-state index contributed by atoms with van der Waals surface area (Å²) >= 11 is 1.61. The minimum Gasteiger partial charge on any atom is -0.350 e. The summed E-state index contributed by atoms with van der Waals surface area (Å²) in [6.45, 7) is 4.60. The number of imidazole rings is 1. The molecule has 2 aromatic heterocycles. The van der Waals surface area contributed by atoms with E-state index in [1.165, 1.54) is 12.1 Å². The average Bonchev–Trinajstić information content (AvgIpc) is 3.16. The van der Waals surface area contributed by atoms with Gasteiger partial charge in [-0.1, -0.05) is 43.0 Å². The fraction of sp³-hybridized carbons (Fsp3) is 0.240. The Morgan fingerprint density at radius 1 is 1.09 bits per heavy atom. The summed E-state index contributed by atoms with van der Waals surface area (Å²) in [5.41, 5.74) is 4.37. The lowest BCUT2D eigenvalue weighted by molar-refractivity contribution is 0.0939. The van der Waals surface area contributed by atoms with Crippen LogP contribution in [0.1, 0.15) is 41.8 Å². The molecule has 2 heterocycles. The van der Waals surface area contributed by atoms with Crippen molar-refractivity contribution in [1.82, 2.24) is 19.9 Å². The van der Waals surface area contributed by atoms with Gasteiger partial charge >= 0.3 is 0 Å². The quantitative estimate of drug-likeness (QED) is 0.365. The molecule has 0 unspecified atom stereocenters. The number of carbonyl (C=O) groups is 1. The number of benzene rings is 2. The Labute approximate surface area is 191 Å². The third kappa shape index (κ3) is 5.16. The van der Waals surface area contributed by atoms with Crippen molar-refractivity contribution in [3.05, 3.63) is 89.4 Å². The Morgan fingerprint density at radius 3 is 2.53 bits per heavy atom. The van der Waals surface area contributed by atoms with Crippen LogP contribution in [-0.4, -0.2) is 26.5 Å². The number of halogens is 1. The van der Waals surface area contributed by atoms with Crippen LogP contribution in [0.3, 0.4) is 0 Å². The van der Waals surface area contributed by atoms with Gasteiger partial charge in [-0.2, -0.15) is 0 Å². The fourth-order valence-corrected chi connectivity index (χ4v) is 4.23. The molecule has 32 heavy (non-hydrogen) atoms. The highest BCUT2D eigenvalue weighted by molar-refractivity contribution is 7.98. The summed E-state index contributed by atoms with van der Waals surface area (Å²) < 4.78 is 15.4. The molecule has 0 aliphatic rings. The van der Waals surface area contributed by atoms with Crippen LogP contribution in [-0.2, 0) is 12.3 Å². The van der Waals surface area contributed by atoms with Gasteiger partial charge in [-0.05, 0) is 60.9 Å². The number of pyridine rings is 1. The lowest BCUT2D eigenvalue weighted by atomic mass is 10.1. The molecule has 2 aromatic carbocycles. The Hall–Kier alpha value is -3.19. The highest BCUT2D eigenvalue weighted by Crippen LogP contribution is 2.27. The molecule has 0 bridgehead atoms. The zero-order chi connectivity index (χ0) is 22.5. The number of fused-ring (bicyclic) bond motifs is 1. The monoisotopic (exact) mass is 448 g/mol. The number of hydrogen-bond acceptors (Lipinski definition) is 4. The lowest BCUT2D eigenvalue weighted by Gasteiger charge is -2.11. The lowest BCUT2D eigenvalue weighted by Crippen LogP contribution is -2.31. The highest BCUT2D eigenvalue weighted by atomic mass is 32.2. The number of carbonyl (C=O) groups excluding carboxylic acids is 1. The van der Waals surface area contributed by atoms with E-state index in [9.17, 15) is 9.18 Å². The van der Waals surface area contributed by atoms with Crippen LogP contribution in [0.25, 0.3) is 11.2 Å². The predicted molar refractivity (Wildman–Crippen MR) is 126 cm³/mol. The molecular weight excluding hydrogens is 423 g/mol. The van der Waals surface area contributed by atoms with Gasteiger partial charge in [0.2, 0.25) is 0 Å². The number of thioether (sulfide) groups is 1. The Kier molecular flexibility index (Phi) is 6.85. The van der Waals surface area contributed by atoms with Gasteiger partial charge in [0, 0.05) is 23.6 Å². The maximum Gasteiger partial charge on any atom is 0.251 e. The summed E-state index contributed by atoms with van der Waals surface area (Å²) in [5, 5.41) is 3.83. The summed E-state index contributed by atoms with van der Waals surface area (Å²) in [5.74, 6) is 0.406. The van der Waals surface area contributed by atoms with E-state index >= 15 is 0 Å². The van der Waals surface area contributed by atoms with Gasteiger partial charge in [0.1, 0.15) is 11.3 Å². The third-order valence-electron chi connectivity index (χ3n) is 5.30. The van der Waals surface area contributed by atoms with Crippen molar-refractivity contribution < 1.29 is 9.18 Å². The van der Waals surface area contributed by atoms with Gasteiger partial charge in [-0.15, -0.1) is 0 Å². The van der Waals surface area contributed by atoms with Crippen molar-refractivity contribution in [2.24, 2.45) is 0 Å². The Balaban J connectivity index is 1.50. The zero-order valence-corrected chi connectivity index (χ0v) is 18.9. The first kappa shape index (κ1) is 22.0. The van der Waals surface area contributed by atoms with Crippen LogP contribution in [0.5, 0.6) is 0 Å².